The fraction of sp³-hybridized carbons (Fsp3) is 0.324. The van der Waals surface area contributed by atoms with Crippen molar-refractivity contribution in [1.29, 1.82) is 0 Å². The van der Waals surface area contributed by atoms with Gasteiger partial charge in [-0.25, -0.2) is 14.1 Å². The van der Waals surface area contributed by atoms with Crippen LogP contribution in [0.4, 0.5) is 14.9 Å². The molecule has 8 heteroatoms. The summed E-state index contributed by atoms with van der Waals surface area (Å²) in [4.78, 5) is 48.0. The number of hydrogen-bond acceptors (Lipinski definition) is 3. The topological polar surface area (TPSA) is 85.5 Å². The third-order valence-corrected chi connectivity index (χ3v) is 8.42. The zero-order valence-corrected chi connectivity index (χ0v) is 24.1. The first kappa shape index (κ1) is 27.7. The molecule has 1 fully saturated rings. The summed E-state index contributed by atoms with van der Waals surface area (Å²) in [6, 6.07) is 18.7. The summed E-state index contributed by atoms with van der Waals surface area (Å²) in [7, 11) is 0. The highest BCUT2D eigenvalue weighted by Gasteiger charge is 2.53. The van der Waals surface area contributed by atoms with Gasteiger partial charge in [-0.05, 0) is 60.7 Å². The fourth-order valence-corrected chi connectivity index (χ4v) is 6.35. The molecule has 0 bridgehead atoms. The van der Waals surface area contributed by atoms with Crippen LogP contribution in [0.5, 0.6) is 0 Å². The van der Waals surface area contributed by atoms with Gasteiger partial charge in [0.2, 0.25) is 0 Å². The van der Waals surface area contributed by atoms with Crippen molar-refractivity contribution in [2.24, 2.45) is 5.92 Å². The molecule has 0 aliphatic carbocycles. The lowest BCUT2D eigenvalue weighted by molar-refractivity contribution is -0.120. The van der Waals surface area contributed by atoms with Crippen LogP contribution in [-0.2, 0) is 11.2 Å². The van der Waals surface area contributed by atoms with Gasteiger partial charge in [-0.1, -0.05) is 69.2 Å². The number of halogens is 1. The highest BCUT2D eigenvalue weighted by Crippen LogP contribution is 2.45. The second-order valence-corrected chi connectivity index (χ2v) is 11.8. The van der Waals surface area contributed by atoms with Crippen LogP contribution >= 0.6 is 0 Å². The summed E-state index contributed by atoms with van der Waals surface area (Å²) in [6.45, 7) is 6.33. The van der Waals surface area contributed by atoms with Crippen molar-refractivity contribution in [2.75, 3.05) is 4.90 Å². The van der Waals surface area contributed by atoms with Gasteiger partial charge in [0.05, 0.1) is 11.3 Å². The Kier molecular flexibility index (Phi) is 7.31. The van der Waals surface area contributed by atoms with E-state index in [-0.39, 0.29) is 34.9 Å². The van der Waals surface area contributed by atoms with Crippen LogP contribution < -0.4 is 10.2 Å². The minimum absolute atomic E-state index is 0.0539. The van der Waals surface area contributed by atoms with Crippen molar-refractivity contribution >= 4 is 34.4 Å². The van der Waals surface area contributed by atoms with E-state index in [1.807, 2.05) is 31.2 Å². The van der Waals surface area contributed by atoms with Gasteiger partial charge in [-0.3, -0.25) is 14.5 Å². The van der Waals surface area contributed by atoms with E-state index in [0.29, 0.717) is 17.9 Å². The monoisotopic (exact) mass is 566 g/mol. The second kappa shape index (κ2) is 11.1. The number of urea groups is 1. The third kappa shape index (κ3) is 4.85. The number of rotatable bonds is 8. The van der Waals surface area contributed by atoms with E-state index in [1.165, 1.54) is 12.1 Å². The number of hydrogen-bond donors (Lipinski definition) is 2. The van der Waals surface area contributed by atoms with Crippen molar-refractivity contribution < 1.29 is 18.8 Å². The summed E-state index contributed by atoms with van der Waals surface area (Å²) in [5.74, 6) is -0.489. The summed E-state index contributed by atoms with van der Waals surface area (Å²) in [5.41, 5.74) is 3.92. The Labute approximate surface area is 244 Å². The van der Waals surface area contributed by atoms with E-state index in [9.17, 15) is 18.8 Å². The van der Waals surface area contributed by atoms with E-state index in [1.54, 1.807) is 41.3 Å². The standard InChI is InChI=1S/C34H35FN4O3/c1-20(2)9-8-10-21(3)36-32(40)25-12-5-7-14-28(25)39-33(41)29-19-26-24-11-4-6-13-27(24)37-30(26)31(38(29)34(39)42)22-15-17-23(35)18-16-22/h4-7,11-18,20-21,29,31,37H,8-10,19H2,1-3H3,(H,36,40). The molecule has 2 aliphatic heterocycles. The molecule has 0 spiro atoms. The Hall–Kier alpha value is -4.46. The molecule has 3 unspecified atom stereocenters. The summed E-state index contributed by atoms with van der Waals surface area (Å²) >= 11 is 0. The molecule has 42 heavy (non-hydrogen) atoms. The quantitative estimate of drug-likeness (QED) is 0.232. The number of nitrogens with zero attached hydrogens (tertiary/aromatic N) is 2. The lowest BCUT2D eigenvalue weighted by Crippen LogP contribution is -2.44. The Balaban J connectivity index is 1.36. The van der Waals surface area contributed by atoms with E-state index in [2.05, 4.69) is 24.1 Å². The van der Waals surface area contributed by atoms with Gasteiger partial charge in [-0.2, -0.15) is 0 Å². The van der Waals surface area contributed by atoms with Gasteiger partial charge < -0.3 is 10.3 Å². The lowest BCUT2D eigenvalue weighted by atomic mass is 9.89. The Morgan fingerprint density at radius 3 is 2.45 bits per heavy atom. The molecule has 7 nitrogen and oxygen atoms in total. The van der Waals surface area contributed by atoms with Crippen molar-refractivity contribution in [2.45, 2.75) is 64.6 Å². The van der Waals surface area contributed by atoms with E-state index in [4.69, 9.17) is 0 Å². The molecule has 0 radical (unpaired) electrons. The number of benzene rings is 3. The first-order chi connectivity index (χ1) is 20.2. The van der Waals surface area contributed by atoms with Crippen LogP contribution in [0.15, 0.2) is 72.8 Å². The number of carbonyl (C=O) groups excluding carboxylic acids is 3. The SMILES string of the molecule is CC(C)CCCC(C)NC(=O)c1ccccc1N1C(=O)C2Cc3c([nH]c4ccccc34)C(c3ccc(F)cc3)N2C1=O. The third-order valence-electron chi connectivity index (χ3n) is 8.42. The van der Waals surface area contributed by atoms with E-state index in [0.717, 1.165) is 46.3 Å². The number of nitrogens with one attached hydrogen (secondary N) is 2. The molecule has 216 valence electrons. The molecule has 4 aromatic rings. The smallest absolute Gasteiger partial charge is 0.332 e. The highest BCUT2D eigenvalue weighted by atomic mass is 19.1. The van der Waals surface area contributed by atoms with Crippen molar-refractivity contribution in [3.63, 3.8) is 0 Å². The number of fused-ring (bicyclic) bond motifs is 4. The van der Waals surface area contributed by atoms with Gasteiger partial charge >= 0.3 is 6.03 Å². The summed E-state index contributed by atoms with van der Waals surface area (Å²) < 4.78 is 13.9. The molecule has 0 saturated carbocycles. The number of amides is 4. The Bertz CT molecular complexity index is 1660. The molecule has 4 amide bonds. The first-order valence-corrected chi connectivity index (χ1v) is 14.7. The number of para-hydroxylation sites is 2. The molecule has 3 aromatic carbocycles. The van der Waals surface area contributed by atoms with Crippen LogP contribution in [-0.4, -0.2) is 39.8 Å². The van der Waals surface area contributed by atoms with Crippen LogP contribution in [0, 0.1) is 11.7 Å². The highest BCUT2D eigenvalue weighted by molar-refractivity contribution is 6.24. The fourth-order valence-electron chi connectivity index (χ4n) is 6.35. The van der Waals surface area contributed by atoms with Crippen LogP contribution in [0.25, 0.3) is 10.9 Å². The Morgan fingerprint density at radius 2 is 1.69 bits per heavy atom. The van der Waals surface area contributed by atoms with Gasteiger partial charge in [0.25, 0.3) is 11.8 Å². The van der Waals surface area contributed by atoms with Crippen LogP contribution in [0.1, 0.15) is 73.3 Å². The van der Waals surface area contributed by atoms with Gasteiger partial charge in [-0.15, -0.1) is 0 Å². The number of anilines is 1. The number of aromatic amines is 1. The molecule has 1 aromatic heterocycles. The zero-order chi connectivity index (χ0) is 29.5. The molecular weight excluding hydrogens is 531 g/mol. The largest absolute Gasteiger partial charge is 0.356 e. The van der Waals surface area contributed by atoms with Crippen LogP contribution in [0.3, 0.4) is 0 Å². The maximum atomic E-state index is 14.2. The number of H-pyrrole nitrogens is 1. The maximum Gasteiger partial charge on any atom is 0.332 e. The van der Waals surface area contributed by atoms with Gasteiger partial charge in [0, 0.05) is 29.1 Å². The molecule has 2 aliphatic rings. The van der Waals surface area contributed by atoms with E-state index >= 15 is 0 Å². The van der Waals surface area contributed by atoms with Gasteiger partial charge in [0.1, 0.15) is 17.9 Å². The average Bonchev–Trinajstić information content (AvgIpc) is 3.46. The minimum Gasteiger partial charge on any atom is -0.356 e. The second-order valence-electron chi connectivity index (χ2n) is 11.8. The van der Waals surface area contributed by atoms with E-state index < -0.39 is 18.1 Å². The predicted molar refractivity (Wildman–Crippen MR) is 161 cm³/mol. The van der Waals surface area contributed by atoms with Crippen LogP contribution in [0.2, 0.25) is 0 Å². The molecule has 6 rings (SSSR count). The number of carbonyl (C=O) groups is 3. The molecular formula is C34H35FN4O3. The predicted octanol–water partition coefficient (Wildman–Crippen LogP) is 6.73. The maximum absolute atomic E-state index is 14.2. The molecule has 3 heterocycles. The molecule has 3 atom stereocenters. The molecule has 1 saturated heterocycles. The van der Waals surface area contributed by atoms with Crippen molar-refractivity contribution in [3.8, 4) is 0 Å². The number of aromatic nitrogens is 1. The first-order valence-electron chi connectivity index (χ1n) is 14.7. The zero-order valence-electron chi connectivity index (χ0n) is 24.1. The van der Waals surface area contributed by atoms with Crippen molar-refractivity contribution in [1.82, 2.24) is 15.2 Å². The number of imide groups is 1. The molecule has 2 N–H and O–H groups in total. The minimum atomic E-state index is -0.773. The normalized spacial score (nSPS) is 18.9. The average molecular weight is 567 g/mol. The summed E-state index contributed by atoms with van der Waals surface area (Å²) in [6.07, 6.45) is 3.26. The summed E-state index contributed by atoms with van der Waals surface area (Å²) in [5, 5.41) is 4.04. The van der Waals surface area contributed by atoms with Crippen molar-refractivity contribution in [3.05, 3.63) is 101 Å². The van der Waals surface area contributed by atoms with Gasteiger partial charge in [0.15, 0.2) is 0 Å². The Morgan fingerprint density at radius 1 is 0.976 bits per heavy atom. The lowest BCUT2D eigenvalue weighted by Gasteiger charge is -2.36.